The predicted molar refractivity (Wildman–Crippen MR) is 83.6 cm³/mol. The molecule has 0 bridgehead atoms. The van der Waals surface area contributed by atoms with Crippen LogP contribution in [0, 0.1) is 0 Å². The summed E-state index contributed by atoms with van der Waals surface area (Å²) in [6.07, 6.45) is 0. The first-order chi connectivity index (χ1) is 9.48. The fraction of sp³-hybridized carbons (Fsp3) is 0.0714. The number of nitrogens with two attached hydrogens (primary N) is 1. The number of halogens is 2. The number of carbonyl (C=O) groups is 1. The molecule has 4 N–H and O–H groups in total. The minimum atomic E-state index is -1.84. The zero-order valence-electron chi connectivity index (χ0n) is 10.3. The van der Waals surface area contributed by atoms with Crippen molar-refractivity contribution in [3.05, 3.63) is 68.6 Å². The molecule has 2 aromatic carbocycles. The fourth-order valence-electron chi connectivity index (χ4n) is 1.92. The molecular formula is C14H12Br2N2O2. The highest BCUT2D eigenvalue weighted by atomic mass is 79.9. The Hall–Kier alpha value is -1.21. The average molecular weight is 400 g/mol. The van der Waals surface area contributed by atoms with E-state index in [0.29, 0.717) is 11.1 Å². The molecule has 0 saturated heterocycles. The van der Waals surface area contributed by atoms with E-state index in [1.165, 1.54) is 0 Å². The van der Waals surface area contributed by atoms with Gasteiger partial charge in [-0.05, 0) is 35.4 Å². The van der Waals surface area contributed by atoms with E-state index in [1.54, 1.807) is 48.5 Å². The van der Waals surface area contributed by atoms with Crippen molar-refractivity contribution in [1.82, 2.24) is 5.43 Å². The number of aliphatic hydroxyl groups is 1. The third-order valence-electron chi connectivity index (χ3n) is 2.98. The molecule has 0 aliphatic carbocycles. The van der Waals surface area contributed by atoms with Crippen molar-refractivity contribution < 1.29 is 9.90 Å². The topological polar surface area (TPSA) is 75.3 Å². The Kier molecular flexibility index (Phi) is 4.59. The fourth-order valence-corrected chi connectivity index (χ4v) is 2.44. The Bertz CT molecular complexity index is 567. The Morgan fingerprint density at radius 1 is 0.950 bits per heavy atom. The molecule has 0 unspecified atom stereocenters. The molecule has 6 heteroatoms. The highest BCUT2D eigenvalue weighted by Crippen LogP contribution is 2.31. The van der Waals surface area contributed by atoms with Crippen LogP contribution in [-0.2, 0) is 10.4 Å². The van der Waals surface area contributed by atoms with Crippen molar-refractivity contribution >= 4 is 37.8 Å². The van der Waals surface area contributed by atoms with Crippen LogP contribution in [0.15, 0.2) is 57.5 Å². The second-order valence-corrected chi connectivity index (χ2v) is 6.03. The van der Waals surface area contributed by atoms with Gasteiger partial charge >= 0.3 is 0 Å². The molecule has 0 heterocycles. The Morgan fingerprint density at radius 2 is 1.30 bits per heavy atom. The summed E-state index contributed by atoms with van der Waals surface area (Å²) in [6.45, 7) is 0. The summed E-state index contributed by atoms with van der Waals surface area (Å²) in [5, 5.41) is 10.9. The van der Waals surface area contributed by atoms with Crippen LogP contribution >= 0.6 is 31.9 Å². The van der Waals surface area contributed by atoms with Crippen molar-refractivity contribution in [3.8, 4) is 0 Å². The van der Waals surface area contributed by atoms with Crippen molar-refractivity contribution in [2.24, 2.45) is 5.84 Å². The van der Waals surface area contributed by atoms with Gasteiger partial charge in [-0.15, -0.1) is 0 Å². The minimum absolute atomic E-state index is 0.436. The molecule has 0 aliphatic rings. The maximum Gasteiger partial charge on any atom is 0.275 e. The number of hydrogen-bond donors (Lipinski definition) is 3. The van der Waals surface area contributed by atoms with E-state index in [4.69, 9.17) is 5.84 Å². The molecule has 0 saturated carbocycles. The molecule has 4 nitrogen and oxygen atoms in total. The van der Waals surface area contributed by atoms with E-state index >= 15 is 0 Å². The van der Waals surface area contributed by atoms with Gasteiger partial charge in [-0.25, -0.2) is 5.84 Å². The summed E-state index contributed by atoms with van der Waals surface area (Å²) in [7, 11) is 0. The van der Waals surface area contributed by atoms with Gasteiger partial charge in [0.15, 0.2) is 5.60 Å². The van der Waals surface area contributed by atoms with Crippen LogP contribution in [0.3, 0.4) is 0 Å². The van der Waals surface area contributed by atoms with E-state index in [-0.39, 0.29) is 0 Å². The lowest BCUT2D eigenvalue weighted by Crippen LogP contribution is -2.48. The van der Waals surface area contributed by atoms with E-state index in [0.717, 1.165) is 8.95 Å². The second kappa shape index (κ2) is 6.05. The van der Waals surface area contributed by atoms with Gasteiger partial charge in [-0.3, -0.25) is 10.2 Å². The summed E-state index contributed by atoms with van der Waals surface area (Å²) in [5.74, 6) is 4.52. The van der Waals surface area contributed by atoms with Crippen molar-refractivity contribution in [1.29, 1.82) is 0 Å². The number of nitrogens with one attached hydrogen (secondary N) is 1. The number of benzene rings is 2. The predicted octanol–water partition coefficient (Wildman–Crippen LogP) is 2.44. The largest absolute Gasteiger partial charge is 0.372 e. The van der Waals surface area contributed by atoms with E-state index in [1.807, 2.05) is 5.43 Å². The van der Waals surface area contributed by atoms with Gasteiger partial charge in [0, 0.05) is 8.95 Å². The van der Waals surface area contributed by atoms with E-state index < -0.39 is 11.5 Å². The molecule has 0 spiro atoms. The first-order valence-corrected chi connectivity index (χ1v) is 7.32. The number of carbonyl (C=O) groups excluding carboxylic acids is 1. The van der Waals surface area contributed by atoms with Gasteiger partial charge < -0.3 is 5.11 Å². The quantitative estimate of drug-likeness (QED) is 0.421. The number of hydrogen-bond acceptors (Lipinski definition) is 3. The molecule has 2 rings (SSSR count). The summed E-state index contributed by atoms with van der Waals surface area (Å²) in [4.78, 5) is 12.1. The summed E-state index contributed by atoms with van der Waals surface area (Å²) in [5.41, 5.74) is 1.05. The van der Waals surface area contributed by atoms with Crippen LogP contribution in [0.5, 0.6) is 0 Å². The Morgan fingerprint density at radius 3 is 1.60 bits per heavy atom. The van der Waals surface area contributed by atoms with Crippen LogP contribution in [0.25, 0.3) is 0 Å². The lowest BCUT2D eigenvalue weighted by molar-refractivity contribution is -0.136. The molecule has 104 valence electrons. The molecule has 1 amide bonds. The first-order valence-electron chi connectivity index (χ1n) is 5.74. The van der Waals surface area contributed by atoms with E-state index in [9.17, 15) is 9.90 Å². The minimum Gasteiger partial charge on any atom is -0.372 e. The van der Waals surface area contributed by atoms with Crippen molar-refractivity contribution in [2.45, 2.75) is 5.60 Å². The van der Waals surface area contributed by atoms with E-state index in [2.05, 4.69) is 31.9 Å². The van der Waals surface area contributed by atoms with Crippen LogP contribution in [0.4, 0.5) is 0 Å². The highest BCUT2D eigenvalue weighted by molar-refractivity contribution is 9.10. The van der Waals surface area contributed by atoms with Gasteiger partial charge in [0.25, 0.3) is 5.91 Å². The standard InChI is InChI=1S/C14H12Br2N2O2/c15-11-5-1-9(2-6-11)14(20,13(19)18-17)10-3-7-12(16)8-4-10/h1-8,20H,17H2,(H,18,19). The number of amides is 1. The zero-order chi connectivity index (χ0) is 14.8. The Labute approximate surface area is 133 Å². The zero-order valence-corrected chi connectivity index (χ0v) is 13.5. The van der Waals surface area contributed by atoms with Crippen LogP contribution < -0.4 is 11.3 Å². The van der Waals surface area contributed by atoms with Crippen molar-refractivity contribution in [3.63, 3.8) is 0 Å². The molecule has 0 aromatic heterocycles. The van der Waals surface area contributed by atoms with Gasteiger partial charge in [0.05, 0.1) is 0 Å². The normalized spacial score (nSPS) is 11.2. The van der Waals surface area contributed by atoms with Crippen LogP contribution in [-0.4, -0.2) is 11.0 Å². The van der Waals surface area contributed by atoms with Gasteiger partial charge in [0.1, 0.15) is 0 Å². The molecule has 20 heavy (non-hydrogen) atoms. The SMILES string of the molecule is NNC(=O)C(O)(c1ccc(Br)cc1)c1ccc(Br)cc1. The maximum absolute atomic E-state index is 12.1. The highest BCUT2D eigenvalue weighted by Gasteiger charge is 2.39. The second-order valence-electron chi connectivity index (χ2n) is 4.20. The summed E-state index contributed by atoms with van der Waals surface area (Å²) < 4.78 is 1.71. The molecular weight excluding hydrogens is 388 g/mol. The number of rotatable bonds is 3. The average Bonchev–Trinajstić information content (AvgIpc) is 2.47. The molecule has 0 fully saturated rings. The third kappa shape index (κ3) is 2.78. The number of hydrazine groups is 1. The molecule has 0 radical (unpaired) electrons. The molecule has 0 aliphatic heterocycles. The summed E-state index contributed by atoms with van der Waals surface area (Å²) >= 11 is 6.64. The van der Waals surface area contributed by atoms with Gasteiger partial charge in [0.2, 0.25) is 0 Å². The lowest BCUT2D eigenvalue weighted by atomic mass is 9.85. The maximum atomic E-state index is 12.1. The van der Waals surface area contributed by atoms with Gasteiger partial charge in [-0.2, -0.15) is 0 Å². The van der Waals surface area contributed by atoms with Crippen LogP contribution in [0.1, 0.15) is 11.1 Å². The smallest absolute Gasteiger partial charge is 0.275 e. The third-order valence-corrected chi connectivity index (χ3v) is 4.04. The first kappa shape index (κ1) is 15.2. The Balaban J connectivity index is 2.58. The molecule has 0 atom stereocenters. The molecule has 2 aromatic rings. The van der Waals surface area contributed by atoms with Gasteiger partial charge in [-0.1, -0.05) is 56.1 Å². The van der Waals surface area contributed by atoms with Crippen LogP contribution in [0.2, 0.25) is 0 Å². The lowest BCUT2D eigenvalue weighted by Gasteiger charge is -2.27. The summed E-state index contributed by atoms with van der Waals surface area (Å²) in [6, 6.07) is 13.7. The monoisotopic (exact) mass is 398 g/mol. The van der Waals surface area contributed by atoms with Crippen molar-refractivity contribution in [2.75, 3.05) is 0 Å².